The van der Waals surface area contributed by atoms with E-state index < -0.39 is 0 Å². The molecule has 2 aromatic heterocycles. The van der Waals surface area contributed by atoms with Crippen LogP contribution in [0.3, 0.4) is 0 Å². The number of hydrogen-bond acceptors (Lipinski definition) is 2. The van der Waals surface area contributed by atoms with Crippen LogP contribution in [0.2, 0.25) is 0 Å². The van der Waals surface area contributed by atoms with Crippen LogP contribution in [0.5, 0.6) is 0 Å². The molecule has 124 valence electrons. The third-order valence-electron chi connectivity index (χ3n) is 4.71. The van der Waals surface area contributed by atoms with Gasteiger partial charge in [-0.1, -0.05) is 60.7 Å². The van der Waals surface area contributed by atoms with E-state index in [1.54, 1.807) is 6.07 Å². The second-order valence-electron chi connectivity index (χ2n) is 6.28. The number of rotatable bonds is 2. The van der Waals surface area contributed by atoms with Gasteiger partial charge in [-0.3, -0.25) is 4.40 Å². The van der Waals surface area contributed by atoms with Gasteiger partial charge >= 0.3 is 5.63 Å². The van der Waals surface area contributed by atoms with Crippen LogP contribution in [0, 0.1) is 0 Å². The zero-order chi connectivity index (χ0) is 17.5. The largest absolute Gasteiger partial charge is 0.405 e. The van der Waals surface area contributed by atoms with Crippen molar-refractivity contribution in [2.75, 3.05) is 0 Å². The van der Waals surface area contributed by atoms with Crippen LogP contribution in [0.25, 0.3) is 38.9 Å². The van der Waals surface area contributed by atoms with Crippen molar-refractivity contribution in [1.82, 2.24) is 4.40 Å². The first-order valence-corrected chi connectivity index (χ1v) is 8.49. The van der Waals surface area contributed by atoms with Crippen LogP contribution in [0.1, 0.15) is 0 Å². The molecule has 3 aromatic carbocycles. The van der Waals surface area contributed by atoms with Gasteiger partial charge in [0, 0.05) is 12.3 Å². The summed E-state index contributed by atoms with van der Waals surface area (Å²) in [6.07, 6.45) is 1.90. The van der Waals surface area contributed by atoms with E-state index in [1.165, 1.54) is 11.1 Å². The van der Waals surface area contributed by atoms with Crippen LogP contribution < -0.4 is 5.63 Å². The molecular formula is C23H15NO2. The normalized spacial score (nSPS) is 11.2. The topological polar surface area (TPSA) is 34.6 Å². The maximum atomic E-state index is 12.3. The predicted octanol–water partition coefficient (Wildman–Crippen LogP) is 5.38. The third-order valence-corrected chi connectivity index (χ3v) is 4.71. The number of benzene rings is 3. The Bertz CT molecular complexity index is 1280. The Morgan fingerprint density at radius 1 is 0.654 bits per heavy atom. The molecule has 0 amide bonds. The number of aromatic nitrogens is 1. The highest BCUT2D eigenvalue weighted by atomic mass is 16.4. The van der Waals surface area contributed by atoms with Crippen molar-refractivity contribution in [2.24, 2.45) is 0 Å². The predicted molar refractivity (Wildman–Crippen MR) is 104 cm³/mol. The Morgan fingerprint density at radius 2 is 1.31 bits per heavy atom. The van der Waals surface area contributed by atoms with Gasteiger partial charge in [0.15, 0.2) is 0 Å². The summed E-state index contributed by atoms with van der Waals surface area (Å²) in [4.78, 5) is 12.3. The summed E-state index contributed by atoms with van der Waals surface area (Å²) in [5.74, 6) is 0. The lowest BCUT2D eigenvalue weighted by Crippen LogP contribution is -2.03. The fourth-order valence-electron chi connectivity index (χ4n) is 3.37. The van der Waals surface area contributed by atoms with E-state index in [9.17, 15) is 4.79 Å². The fraction of sp³-hybridized carbons (Fsp3) is 0. The van der Waals surface area contributed by atoms with Crippen molar-refractivity contribution in [3.8, 4) is 22.3 Å². The average Bonchev–Trinajstić information content (AvgIpc) is 3.17. The van der Waals surface area contributed by atoms with Gasteiger partial charge in [-0.05, 0) is 40.5 Å². The molecule has 0 aliphatic rings. The Hall–Kier alpha value is -3.59. The Balaban J connectivity index is 1.62. The molecule has 0 unspecified atom stereocenters. The summed E-state index contributed by atoms with van der Waals surface area (Å²) in [7, 11) is 0. The van der Waals surface area contributed by atoms with E-state index in [0.717, 1.165) is 16.6 Å². The second-order valence-corrected chi connectivity index (χ2v) is 6.28. The van der Waals surface area contributed by atoms with Crippen LogP contribution >= 0.6 is 0 Å². The van der Waals surface area contributed by atoms with Crippen LogP contribution in [0.15, 0.2) is 100 Å². The molecule has 0 radical (unpaired) electrons. The maximum absolute atomic E-state index is 12.3. The highest BCUT2D eigenvalue weighted by Crippen LogP contribution is 2.27. The minimum Gasteiger partial charge on any atom is -0.405 e. The van der Waals surface area contributed by atoms with E-state index in [1.807, 2.05) is 53.1 Å². The standard InChI is InChI=1S/C23H15NO2/c25-23-20-15-19(12-13-21(20)24-14-4-7-22(24)26-23)18-10-8-17(9-11-18)16-5-2-1-3-6-16/h1-15H. The molecule has 0 saturated carbocycles. The molecule has 0 bridgehead atoms. The first kappa shape index (κ1) is 14.7. The zero-order valence-electron chi connectivity index (χ0n) is 13.9. The minimum absolute atomic E-state index is 0.311. The van der Waals surface area contributed by atoms with Gasteiger partial charge in [-0.2, -0.15) is 0 Å². The summed E-state index contributed by atoms with van der Waals surface area (Å²) < 4.78 is 7.28. The number of fused-ring (bicyclic) bond motifs is 3. The lowest BCUT2D eigenvalue weighted by molar-refractivity contribution is 0.549. The van der Waals surface area contributed by atoms with Crippen molar-refractivity contribution in [1.29, 1.82) is 0 Å². The molecular weight excluding hydrogens is 322 g/mol. The van der Waals surface area contributed by atoms with Gasteiger partial charge < -0.3 is 4.42 Å². The van der Waals surface area contributed by atoms with Gasteiger partial charge in [0.25, 0.3) is 0 Å². The van der Waals surface area contributed by atoms with Gasteiger partial charge in [-0.15, -0.1) is 0 Å². The summed E-state index contributed by atoms with van der Waals surface area (Å²) in [6, 6.07) is 28.2. The van der Waals surface area contributed by atoms with Gasteiger partial charge in [0.2, 0.25) is 5.71 Å². The molecule has 0 saturated heterocycles. The first-order chi connectivity index (χ1) is 12.8. The Kier molecular flexibility index (Phi) is 3.25. The van der Waals surface area contributed by atoms with Crippen molar-refractivity contribution in [3.05, 3.63) is 102 Å². The van der Waals surface area contributed by atoms with Crippen molar-refractivity contribution >= 4 is 16.6 Å². The molecule has 0 spiro atoms. The molecule has 3 nitrogen and oxygen atoms in total. The van der Waals surface area contributed by atoms with E-state index >= 15 is 0 Å². The molecule has 0 fully saturated rings. The summed E-state index contributed by atoms with van der Waals surface area (Å²) >= 11 is 0. The van der Waals surface area contributed by atoms with Gasteiger partial charge in [0.05, 0.1) is 10.9 Å². The summed E-state index contributed by atoms with van der Waals surface area (Å²) in [5, 5.41) is 0.582. The highest BCUT2D eigenvalue weighted by Gasteiger charge is 2.08. The Labute approximate surface area is 149 Å². The number of nitrogens with zero attached hydrogens (tertiary/aromatic N) is 1. The van der Waals surface area contributed by atoms with Gasteiger partial charge in [-0.25, -0.2) is 4.79 Å². The molecule has 5 aromatic rings. The molecule has 26 heavy (non-hydrogen) atoms. The SMILES string of the molecule is O=c1oc2cccn2c2ccc(-c3ccc(-c4ccccc4)cc3)cc12. The van der Waals surface area contributed by atoms with Crippen molar-refractivity contribution in [2.45, 2.75) is 0 Å². The second kappa shape index (κ2) is 5.74. The molecule has 0 atom stereocenters. The van der Waals surface area contributed by atoms with E-state index in [-0.39, 0.29) is 5.63 Å². The van der Waals surface area contributed by atoms with Crippen molar-refractivity contribution < 1.29 is 4.42 Å². The smallest absolute Gasteiger partial charge is 0.346 e. The van der Waals surface area contributed by atoms with Crippen LogP contribution in [0.4, 0.5) is 0 Å². The fourth-order valence-corrected chi connectivity index (χ4v) is 3.37. The van der Waals surface area contributed by atoms with Gasteiger partial charge in [0.1, 0.15) is 0 Å². The summed E-state index contributed by atoms with van der Waals surface area (Å²) in [5.41, 5.74) is 5.52. The van der Waals surface area contributed by atoms with Crippen LogP contribution in [-0.4, -0.2) is 4.40 Å². The molecule has 3 heteroatoms. The van der Waals surface area contributed by atoms with E-state index in [2.05, 4.69) is 36.4 Å². The van der Waals surface area contributed by atoms with E-state index in [0.29, 0.717) is 11.1 Å². The third kappa shape index (κ3) is 2.33. The number of hydrogen-bond donors (Lipinski definition) is 0. The highest BCUT2D eigenvalue weighted by molar-refractivity contribution is 5.85. The Morgan fingerprint density at radius 3 is 2.08 bits per heavy atom. The average molecular weight is 337 g/mol. The lowest BCUT2D eigenvalue weighted by Gasteiger charge is -2.07. The summed E-state index contributed by atoms with van der Waals surface area (Å²) in [6.45, 7) is 0. The molecule has 0 N–H and O–H groups in total. The first-order valence-electron chi connectivity index (χ1n) is 8.49. The maximum Gasteiger partial charge on any atom is 0.346 e. The lowest BCUT2D eigenvalue weighted by atomic mass is 9.99. The molecule has 0 aliphatic carbocycles. The van der Waals surface area contributed by atoms with Crippen molar-refractivity contribution in [3.63, 3.8) is 0 Å². The zero-order valence-corrected chi connectivity index (χ0v) is 13.9. The molecule has 0 aliphatic heterocycles. The minimum atomic E-state index is -0.311. The van der Waals surface area contributed by atoms with Crippen LogP contribution in [-0.2, 0) is 0 Å². The quantitative estimate of drug-likeness (QED) is 0.433. The monoisotopic (exact) mass is 337 g/mol. The molecule has 5 rings (SSSR count). The van der Waals surface area contributed by atoms with E-state index in [4.69, 9.17) is 4.42 Å². The molecule has 2 heterocycles.